The van der Waals surface area contributed by atoms with Crippen molar-refractivity contribution >= 4 is 40.6 Å². The second-order valence-electron chi connectivity index (χ2n) is 14.0. The van der Waals surface area contributed by atoms with Crippen LogP contribution in [0, 0.1) is 17.8 Å². The zero-order valence-corrected chi connectivity index (χ0v) is 29.3. The lowest BCUT2D eigenvalue weighted by Crippen LogP contribution is -2.73. The van der Waals surface area contributed by atoms with Gasteiger partial charge in [0.15, 0.2) is 0 Å². The maximum absolute atomic E-state index is 15.3. The van der Waals surface area contributed by atoms with E-state index >= 15 is 4.79 Å². The van der Waals surface area contributed by atoms with Crippen LogP contribution in [0.15, 0.2) is 71.9 Å². The van der Waals surface area contributed by atoms with Gasteiger partial charge in [-0.05, 0) is 42.9 Å². The number of likely N-dealkylation sites (tertiary alicyclic amines) is 1. The number of aromatic amines is 1. The number of urea groups is 1. The Labute approximate surface area is 297 Å². The van der Waals surface area contributed by atoms with E-state index in [4.69, 9.17) is 4.74 Å². The van der Waals surface area contributed by atoms with Crippen LogP contribution in [0.1, 0.15) is 37.3 Å². The zero-order valence-electron chi connectivity index (χ0n) is 29.3. The normalized spacial score (nSPS) is 25.3. The Morgan fingerprint density at radius 3 is 2.47 bits per heavy atom. The third-order valence-corrected chi connectivity index (χ3v) is 11.3. The summed E-state index contributed by atoms with van der Waals surface area (Å²) >= 11 is 0. The van der Waals surface area contributed by atoms with Crippen LogP contribution in [0.3, 0.4) is 0 Å². The number of ether oxygens (including phenoxy) is 1. The molecule has 12 nitrogen and oxygen atoms in total. The zero-order chi connectivity index (χ0) is 35.7. The number of benzene rings is 2. The highest BCUT2D eigenvalue weighted by molar-refractivity contribution is 6.12. The van der Waals surface area contributed by atoms with Gasteiger partial charge >= 0.3 is 6.03 Å². The third kappa shape index (κ3) is 6.14. The summed E-state index contributed by atoms with van der Waals surface area (Å²) in [5, 5.41) is 7.15. The second-order valence-corrected chi connectivity index (χ2v) is 14.0. The summed E-state index contributed by atoms with van der Waals surface area (Å²) in [4.78, 5) is 79.9. The van der Waals surface area contributed by atoms with Crippen molar-refractivity contribution in [2.75, 3.05) is 53.0 Å². The van der Waals surface area contributed by atoms with Crippen LogP contribution >= 0.6 is 0 Å². The average molecular weight is 695 g/mol. The van der Waals surface area contributed by atoms with Gasteiger partial charge in [0, 0.05) is 74.8 Å². The number of nitrogens with zero attached hydrogens (tertiary/aromatic N) is 3. The minimum absolute atomic E-state index is 0.0189. The molecule has 3 aromatic rings. The molecule has 0 unspecified atom stereocenters. The monoisotopic (exact) mass is 694 g/mol. The number of fused-ring (bicyclic) bond motifs is 4. The van der Waals surface area contributed by atoms with Gasteiger partial charge < -0.3 is 20.4 Å². The van der Waals surface area contributed by atoms with Crippen molar-refractivity contribution < 1.29 is 28.7 Å². The molecule has 2 saturated heterocycles. The number of carbonyl (C=O) groups excluding carboxylic acids is 5. The number of H-pyrrole nitrogens is 1. The summed E-state index contributed by atoms with van der Waals surface area (Å²) in [6.07, 6.45) is 3.51. The lowest BCUT2D eigenvalue weighted by atomic mass is 9.57. The fraction of sp³-hybridized carbons (Fsp3) is 0.462. The van der Waals surface area contributed by atoms with Gasteiger partial charge in [-0.3, -0.25) is 29.0 Å². The molecule has 2 aromatic carbocycles. The number of para-hydroxylation sites is 1. The van der Waals surface area contributed by atoms with Gasteiger partial charge in [-0.2, -0.15) is 0 Å². The van der Waals surface area contributed by atoms with Crippen molar-refractivity contribution in [1.29, 1.82) is 0 Å². The highest BCUT2D eigenvalue weighted by atomic mass is 16.5. The summed E-state index contributed by atoms with van der Waals surface area (Å²) in [5.41, 5.74) is 2.05. The first-order valence-corrected chi connectivity index (χ1v) is 18.1. The highest BCUT2D eigenvalue weighted by Crippen LogP contribution is 2.55. The molecule has 3 fully saturated rings. The fourth-order valence-electron chi connectivity index (χ4n) is 8.88. The van der Waals surface area contributed by atoms with Crippen molar-refractivity contribution in [3.63, 3.8) is 0 Å². The number of aromatic nitrogens is 1. The van der Waals surface area contributed by atoms with Crippen LogP contribution in [-0.2, 0) is 36.8 Å². The molecule has 7 rings (SSSR count). The van der Waals surface area contributed by atoms with Crippen LogP contribution in [-0.4, -0.2) is 108 Å². The van der Waals surface area contributed by atoms with E-state index in [-0.39, 0.29) is 31.3 Å². The van der Waals surface area contributed by atoms with Crippen molar-refractivity contribution in [3.8, 4) is 0 Å². The van der Waals surface area contributed by atoms with Crippen molar-refractivity contribution in [3.05, 3.63) is 83.1 Å². The van der Waals surface area contributed by atoms with Crippen LogP contribution in [0.25, 0.3) is 10.9 Å². The van der Waals surface area contributed by atoms with Crippen LogP contribution in [0.4, 0.5) is 4.79 Å². The molecule has 6 amide bonds. The van der Waals surface area contributed by atoms with Gasteiger partial charge in [-0.15, -0.1) is 0 Å². The molecule has 4 heterocycles. The first-order valence-electron chi connectivity index (χ1n) is 18.1. The smallest absolute Gasteiger partial charge is 0.325 e. The molecule has 12 heteroatoms. The maximum Gasteiger partial charge on any atom is 0.325 e. The van der Waals surface area contributed by atoms with Crippen molar-refractivity contribution in [2.24, 2.45) is 17.8 Å². The Morgan fingerprint density at radius 2 is 1.71 bits per heavy atom. The van der Waals surface area contributed by atoms with Gasteiger partial charge in [0.1, 0.15) is 5.54 Å². The number of hydrogen-bond acceptors (Lipinski definition) is 7. The predicted molar refractivity (Wildman–Crippen MR) is 190 cm³/mol. The molecule has 1 saturated carbocycles. The van der Waals surface area contributed by atoms with Gasteiger partial charge in [0.25, 0.3) is 5.91 Å². The molecular weight excluding hydrogens is 648 g/mol. The van der Waals surface area contributed by atoms with Gasteiger partial charge in [0.2, 0.25) is 17.7 Å². The standard InChI is InChI=1S/C39H46N6O6/c1-3-27-29-13-14-30-32(36(48)43(2)34(30)46)33(29)39(23-25-9-5-4-6-10-25,37(49)40-16-15-26-24-42-31-12-8-7-11-28(26)31)45(35(27)47)38(50)41-17-18-44-19-21-51-22-20-44/h4-12,24,30,32-33,42H,3,13-23H2,1-2H3,(H,40,49)(H,41,50)/t30-,32-,33+,39+/m1/s1. The lowest BCUT2D eigenvalue weighted by molar-refractivity contribution is -0.151. The average Bonchev–Trinajstić information content (AvgIpc) is 3.66. The third-order valence-electron chi connectivity index (χ3n) is 11.3. The summed E-state index contributed by atoms with van der Waals surface area (Å²) in [5.74, 6) is -4.14. The number of carbonyl (C=O) groups is 5. The summed E-state index contributed by atoms with van der Waals surface area (Å²) in [6.45, 7) is 5.57. The molecule has 3 N–H and O–H groups in total. The molecular formula is C39H46N6O6. The number of nitrogens with one attached hydrogen (secondary N) is 3. The van der Waals surface area contributed by atoms with Crippen molar-refractivity contribution in [1.82, 2.24) is 30.3 Å². The Morgan fingerprint density at radius 1 is 0.961 bits per heavy atom. The first kappa shape index (κ1) is 34.6. The molecule has 0 bridgehead atoms. The maximum atomic E-state index is 15.3. The number of morpholine rings is 1. The van der Waals surface area contributed by atoms with Crippen LogP contribution in [0.5, 0.6) is 0 Å². The number of hydrogen-bond donors (Lipinski definition) is 3. The highest BCUT2D eigenvalue weighted by Gasteiger charge is 2.67. The molecule has 1 aliphatic carbocycles. The predicted octanol–water partition coefficient (Wildman–Crippen LogP) is 3.04. The van der Waals surface area contributed by atoms with E-state index in [2.05, 4.69) is 20.5 Å². The van der Waals surface area contributed by atoms with Gasteiger partial charge in [-0.25, -0.2) is 9.69 Å². The lowest BCUT2D eigenvalue weighted by Gasteiger charge is -2.54. The molecule has 1 aromatic heterocycles. The minimum atomic E-state index is -1.83. The quantitative estimate of drug-likeness (QED) is 0.277. The van der Waals surface area contributed by atoms with Crippen LogP contribution < -0.4 is 10.6 Å². The van der Waals surface area contributed by atoms with Gasteiger partial charge in [0.05, 0.1) is 25.0 Å². The van der Waals surface area contributed by atoms with Gasteiger partial charge in [-0.1, -0.05) is 61.0 Å². The summed E-state index contributed by atoms with van der Waals surface area (Å²) in [6, 6.07) is 16.6. The number of amides is 6. The summed E-state index contributed by atoms with van der Waals surface area (Å²) in [7, 11) is 1.48. The van der Waals surface area contributed by atoms with E-state index < -0.39 is 41.1 Å². The largest absolute Gasteiger partial charge is 0.379 e. The summed E-state index contributed by atoms with van der Waals surface area (Å²) < 4.78 is 5.47. The Balaban J connectivity index is 1.32. The van der Waals surface area contributed by atoms with E-state index in [0.29, 0.717) is 56.6 Å². The van der Waals surface area contributed by atoms with Crippen molar-refractivity contribution in [2.45, 2.75) is 44.6 Å². The van der Waals surface area contributed by atoms with E-state index in [1.165, 1.54) is 7.05 Å². The topological polar surface area (TPSA) is 144 Å². The van der Waals surface area contributed by atoms with E-state index in [1.807, 2.05) is 67.7 Å². The fourth-order valence-corrected chi connectivity index (χ4v) is 8.88. The second kappa shape index (κ2) is 14.4. The molecule has 0 spiro atoms. The van der Waals surface area contributed by atoms with E-state index in [1.54, 1.807) is 0 Å². The first-order chi connectivity index (χ1) is 24.8. The Bertz CT molecular complexity index is 1870. The van der Waals surface area contributed by atoms with E-state index in [0.717, 1.165) is 44.9 Å². The van der Waals surface area contributed by atoms with E-state index in [9.17, 15) is 19.2 Å². The Kier molecular flexibility index (Phi) is 9.80. The molecule has 4 atom stereocenters. The number of rotatable bonds is 10. The molecule has 268 valence electrons. The number of imide groups is 2. The Hall–Kier alpha value is -4.81. The molecule has 51 heavy (non-hydrogen) atoms. The minimum Gasteiger partial charge on any atom is -0.379 e. The molecule has 4 aliphatic rings. The molecule has 3 aliphatic heterocycles. The molecule has 0 radical (unpaired) electrons. The SMILES string of the molecule is CCC1=C2CC[C@H]3C(=O)N(C)C(=O)[C@H]3[C@H]2[C@@](Cc2ccccc2)(C(=O)NCCc2c[nH]c3ccccc23)N(C(=O)NCCN2CCOCC2)C1=O. The van der Waals surface area contributed by atoms with Crippen LogP contribution in [0.2, 0.25) is 0 Å².